The van der Waals surface area contributed by atoms with Gasteiger partial charge in [0.15, 0.2) is 0 Å². The number of nitrogens with zero attached hydrogens (tertiary/aromatic N) is 1. The van der Waals surface area contributed by atoms with Crippen molar-refractivity contribution in [1.82, 2.24) is 0 Å². The fourth-order valence-electron chi connectivity index (χ4n) is 3.30. The van der Waals surface area contributed by atoms with Gasteiger partial charge in [-0.2, -0.15) is 0 Å². The lowest BCUT2D eigenvalue weighted by Gasteiger charge is -2.32. The number of methoxy groups -OCH3 is 1. The number of aryl methyl sites for hydroxylation is 2. The second kappa shape index (κ2) is 7.04. The number of hydrogen-bond acceptors (Lipinski definition) is 2. The van der Waals surface area contributed by atoms with Crippen LogP contribution < -0.4 is 9.64 Å². The summed E-state index contributed by atoms with van der Waals surface area (Å²) in [4.78, 5) is 14.6. The topological polar surface area (TPSA) is 29.5 Å². The minimum atomic E-state index is -0.254. The van der Waals surface area contributed by atoms with Gasteiger partial charge in [-0.15, -0.1) is 0 Å². The van der Waals surface area contributed by atoms with Crippen LogP contribution in [-0.2, 0) is 17.6 Å². The molecule has 0 spiro atoms. The average Bonchev–Trinajstić information content (AvgIpc) is 2.61. The number of amides is 1. The molecule has 3 nitrogen and oxygen atoms in total. The highest BCUT2D eigenvalue weighted by Gasteiger charge is 2.26. The molecule has 0 unspecified atom stereocenters. The van der Waals surface area contributed by atoms with E-state index in [4.69, 9.17) is 4.74 Å². The summed E-state index contributed by atoms with van der Waals surface area (Å²) < 4.78 is 18.5. The van der Waals surface area contributed by atoms with E-state index in [1.807, 2.05) is 17.0 Å². The molecule has 0 saturated heterocycles. The number of ether oxygens (including phenoxy) is 1. The molecule has 0 fully saturated rings. The maximum atomic E-state index is 13.0. The summed E-state index contributed by atoms with van der Waals surface area (Å²) in [7, 11) is 1.64. The van der Waals surface area contributed by atoms with E-state index < -0.39 is 0 Å². The molecule has 4 heteroatoms. The number of benzene rings is 2. The highest BCUT2D eigenvalue weighted by atomic mass is 19.1. The van der Waals surface area contributed by atoms with Gasteiger partial charge in [-0.05, 0) is 61.1 Å². The molecule has 2 aromatic carbocycles. The monoisotopic (exact) mass is 327 g/mol. The summed E-state index contributed by atoms with van der Waals surface area (Å²) >= 11 is 0. The van der Waals surface area contributed by atoms with E-state index in [1.165, 1.54) is 23.3 Å². The van der Waals surface area contributed by atoms with Crippen molar-refractivity contribution in [2.75, 3.05) is 18.6 Å². The van der Waals surface area contributed by atoms with Crippen LogP contribution in [0.4, 0.5) is 10.1 Å². The molecular formula is C20H22FNO2. The third-order valence-corrected chi connectivity index (χ3v) is 4.62. The molecule has 1 amide bonds. The number of carbonyl (C=O) groups excluding carboxylic acids is 1. The van der Waals surface area contributed by atoms with Crippen molar-refractivity contribution in [3.8, 4) is 5.75 Å². The van der Waals surface area contributed by atoms with Gasteiger partial charge in [-0.3, -0.25) is 4.79 Å². The molecule has 3 rings (SSSR count). The van der Waals surface area contributed by atoms with E-state index in [1.54, 1.807) is 19.2 Å². The molecule has 0 radical (unpaired) electrons. The van der Waals surface area contributed by atoms with Crippen molar-refractivity contribution >= 4 is 11.6 Å². The van der Waals surface area contributed by atoms with Crippen LogP contribution >= 0.6 is 0 Å². The zero-order valence-corrected chi connectivity index (χ0v) is 14.1. The van der Waals surface area contributed by atoms with Crippen LogP contribution in [0.2, 0.25) is 0 Å². The second-order valence-corrected chi connectivity index (χ2v) is 6.19. The normalized spacial score (nSPS) is 13.5. The largest absolute Gasteiger partial charge is 0.495 e. The quantitative estimate of drug-likeness (QED) is 0.848. The van der Waals surface area contributed by atoms with Gasteiger partial charge in [-0.25, -0.2) is 4.39 Å². The average molecular weight is 327 g/mol. The van der Waals surface area contributed by atoms with Gasteiger partial charge in [0.2, 0.25) is 5.91 Å². The Kier molecular flexibility index (Phi) is 4.84. The maximum absolute atomic E-state index is 13.0. The number of rotatable bonds is 4. The number of anilines is 1. The van der Waals surface area contributed by atoms with Crippen LogP contribution in [-0.4, -0.2) is 19.6 Å². The summed E-state index contributed by atoms with van der Waals surface area (Å²) in [6, 6.07) is 10.3. The summed E-state index contributed by atoms with van der Waals surface area (Å²) in [6.07, 6.45) is 2.95. The predicted octanol–water partition coefficient (Wildman–Crippen LogP) is 4.05. The molecule has 0 atom stereocenters. The van der Waals surface area contributed by atoms with E-state index in [0.717, 1.165) is 36.4 Å². The number of hydrogen-bond donors (Lipinski definition) is 0. The molecule has 2 aromatic rings. The van der Waals surface area contributed by atoms with Crippen LogP contribution in [0.1, 0.15) is 29.5 Å². The maximum Gasteiger partial charge on any atom is 0.227 e. The minimum Gasteiger partial charge on any atom is -0.495 e. The van der Waals surface area contributed by atoms with Crippen molar-refractivity contribution in [3.05, 3.63) is 58.9 Å². The third kappa shape index (κ3) is 3.28. The van der Waals surface area contributed by atoms with Gasteiger partial charge in [0.1, 0.15) is 11.6 Å². The van der Waals surface area contributed by atoms with Gasteiger partial charge in [0.05, 0.1) is 12.8 Å². The highest BCUT2D eigenvalue weighted by Crippen LogP contribution is 2.38. The minimum absolute atomic E-state index is 0.0872. The second-order valence-electron chi connectivity index (χ2n) is 6.19. The highest BCUT2D eigenvalue weighted by molar-refractivity contribution is 5.96. The van der Waals surface area contributed by atoms with Crippen molar-refractivity contribution in [2.45, 2.75) is 32.6 Å². The Morgan fingerprint density at radius 2 is 1.96 bits per heavy atom. The van der Waals surface area contributed by atoms with Gasteiger partial charge < -0.3 is 9.64 Å². The summed E-state index contributed by atoms with van der Waals surface area (Å²) in [5, 5.41) is 0. The Labute approximate surface area is 142 Å². The van der Waals surface area contributed by atoms with Crippen LogP contribution in [0.3, 0.4) is 0 Å². The molecule has 0 aliphatic carbocycles. The smallest absolute Gasteiger partial charge is 0.227 e. The predicted molar refractivity (Wildman–Crippen MR) is 93.1 cm³/mol. The lowest BCUT2D eigenvalue weighted by Crippen LogP contribution is -2.36. The Bertz CT molecular complexity index is 740. The zero-order valence-electron chi connectivity index (χ0n) is 14.1. The number of halogens is 1. The summed E-state index contributed by atoms with van der Waals surface area (Å²) in [5.74, 6) is 0.588. The van der Waals surface area contributed by atoms with Crippen LogP contribution in [0, 0.1) is 12.7 Å². The number of fused-ring (bicyclic) bond motifs is 1. The van der Waals surface area contributed by atoms with Gasteiger partial charge in [-0.1, -0.05) is 18.2 Å². The van der Waals surface area contributed by atoms with Crippen molar-refractivity contribution in [3.63, 3.8) is 0 Å². The van der Waals surface area contributed by atoms with E-state index in [9.17, 15) is 9.18 Å². The van der Waals surface area contributed by atoms with E-state index in [2.05, 4.69) is 6.92 Å². The first-order valence-electron chi connectivity index (χ1n) is 8.31. The van der Waals surface area contributed by atoms with Crippen LogP contribution in [0.5, 0.6) is 5.75 Å². The molecule has 0 bridgehead atoms. The molecule has 1 aliphatic heterocycles. The Morgan fingerprint density at radius 1 is 1.21 bits per heavy atom. The third-order valence-electron chi connectivity index (χ3n) is 4.62. The molecule has 1 heterocycles. The van der Waals surface area contributed by atoms with Crippen LogP contribution in [0.15, 0.2) is 36.4 Å². The van der Waals surface area contributed by atoms with E-state index in [0.29, 0.717) is 12.8 Å². The standard InChI is InChI=1S/C20H22FNO2/c1-14-5-11-18(24-2)20-17(14)4-3-13-22(20)19(23)12-8-15-6-9-16(21)10-7-15/h5-7,9-11H,3-4,8,12-13H2,1-2H3. The summed E-state index contributed by atoms with van der Waals surface area (Å²) in [6.45, 7) is 2.79. The molecular weight excluding hydrogens is 305 g/mol. The molecule has 1 aliphatic rings. The Morgan fingerprint density at radius 3 is 2.67 bits per heavy atom. The summed E-state index contributed by atoms with van der Waals surface area (Å²) in [5.41, 5.74) is 4.30. The van der Waals surface area contributed by atoms with Crippen LogP contribution in [0.25, 0.3) is 0 Å². The van der Waals surface area contributed by atoms with E-state index in [-0.39, 0.29) is 11.7 Å². The van der Waals surface area contributed by atoms with Gasteiger partial charge in [0.25, 0.3) is 0 Å². The number of carbonyl (C=O) groups is 1. The molecule has 0 saturated carbocycles. The van der Waals surface area contributed by atoms with Crippen molar-refractivity contribution in [2.24, 2.45) is 0 Å². The Hall–Kier alpha value is -2.36. The van der Waals surface area contributed by atoms with Gasteiger partial charge in [0, 0.05) is 13.0 Å². The fraction of sp³-hybridized carbons (Fsp3) is 0.350. The van der Waals surface area contributed by atoms with Gasteiger partial charge >= 0.3 is 0 Å². The van der Waals surface area contributed by atoms with Crippen molar-refractivity contribution in [1.29, 1.82) is 0 Å². The molecule has 126 valence electrons. The zero-order chi connectivity index (χ0) is 17.1. The SMILES string of the molecule is COc1ccc(C)c2c1N(C(=O)CCc1ccc(F)cc1)CCC2. The first-order valence-corrected chi connectivity index (χ1v) is 8.31. The lowest BCUT2D eigenvalue weighted by molar-refractivity contribution is -0.118. The van der Waals surface area contributed by atoms with Crippen molar-refractivity contribution < 1.29 is 13.9 Å². The Balaban J connectivity index is 1.79. The van der Waals surface area contributed by atoms with E-state index >= 15 is 0 Å². The molecule has 0 aromatic heterocycles. The molecule has 24 heavy (non-hydrogen) atoms. The lowest BCUT2D eigenvalue weighted by atomic mass is 9.95. The molecule has 0 N–H and O–H groups in total. The first kappa shape index (κ1) is 16.5. The first-order chi connectivity index (χ1) is 11.6. The fourth-order valence-corrected chi connectivity index (χ4v) is 3.30.